The van der Waals surface area contributed by atoms with Crippen molar-refractivity contribution in [3.63, 3.8) is 0 Å². The molecule has 1 aromatic carbocycles. The lowest BCUT2D eigenvalue weighted by molar-refractivity contribution is 0.0684. The molecule has 1 atom stereocenters. The van der Waals surface area contributed by atoms with Crippen LogP contribution in [0.15, 0.2) is 24.3 Å². The molecular weight excluding hydrogens is 288 g/mol. The topological polar surface area (TPSA) is 57.7 Å². The van der Waals surface area contributed by atoms with Crippen molar-refractivity contribution >= 4 is 21.6 Å². The second-order valence-corrected chi connectivity index (χ2v) is 7.76. The molecule has 0 N–H and O–H groups in total. The number of rotatable bonds is 3. The van der Waals surface area contributed by atoms with E-state index in [1.165, 1.54) is 7.05 Å². The fourth-order valence-electron chi connectivity index (χ4n) is 2.65. The molecule has 1 aliphatic rings. The highest BCUT2D eigenvalue weighted by Gasteiger charge is 2.26. The number of nitrogens with zero attached hydrogens (tertiary/aromatic N) is 2. The molecular formula is C15H22N2O3S. The van der Waals surface area contributed by atoms with Crippen LogP contribution in [0.4, 0.5) is 5.69 Å². The van der Waals surface area contributed by atoms with E-state index in [1.807, 2.05) is 4.90 Å². The fourth-order valence-corrected chi connectivity index (χ4v) is 3.17. The molecule has 0 aliphatic carbocycles. The summed E-state index contributed by atoms with van der Waals surface area (Å²) >= 11 is 0. The minimum absolute atomic E-state index is 0.0901. The molecule has 0 aromatic heterocycles. The number of benzene rings is 1. The molecule has 0 bridgehead atoms. The molecule has 2 rings (SSSR count). The highest BCUT2D eigenvalue weighted by Crippen LogP contribution is 2.25. The quantitative estimate of drug-likeness (QED) is 0.857. The Bertz CT molecular complexity index is 628. The van der Waals surface area contributed by atoms with E-state index in [4.69, 9.17) is 0 Å². The Morgan fingerprint density at radius 1 is 1.33 bits per heavy atom. The van der Waals surface area contributed by atoms with E-state index < -0.39 is 10.0 Å². The smallest absolute Gasteiger partial charge is 0.256 e. The fraction of sp³-hybridized carbons (Fsp3) is 0.533. The molecule has 5 nitrogen and oxygen atoms in total. The third kappa shape index (κ3) is 3.56. The maximum Gasteiger partial charge on any atom is 0.256 e. The van der Waals surface area contributed by atoms with Crippen LogP contribution in [-0.2, 0) is 10.0 Å². The second kappa shape index (κ2) is 6.05. The van der Waals surface area contributed by atoms with Gasteiger partial charge < -0.3 is 4.90 Å². The van der Waals surface area contributed by atoms with Crippen molar-refractivity contribution in [3.8, 4) is 0 Å². The largest absolute Gasteiger partial charge is 0.338 e. The Morgan fingerprint density at radius 2 is 2.00 bits per heavy atom. The van der Waals surface area contributed by atoms with Crippen molar-refractivity contribution in [2.24, 2.45) is 5.92 Å². The molecule has 1 fully saturated rings. The molecule has 0 saturated carbocycles. The zero-order chi connectivity index (χ0) is 15.6. The first-order chi connectivity index (χ1) is 9.80. The first kappa shape index (κ1) is 15.8. The predicted octanol–water partition coefficient (Wildman–Crippen LogP) is 1.95. The lowest BCUT2D eigenvalue weighted by atomic mass is 9.99. The van der Waals surface area contributed by atoms with E-state index in [-0.39, 0.29) is 5.91 Å². The summed E-state index contributed by atoms with van der Waals surface area (Å²) in [6.45, 7) is 3.60. The summed E-state index contributed by atoms with van der Waals surface area (Å²) in [5.41, 5.74) is 0.878. The lowest BCUT2D eigenvalue weighted by Crippen LogP contribution is -2.40. The molecule has 1 aromatic rings. The lowest BCUT2D eigenvalue weighted by Gasteiger charge is -2.32. The third-order valence-corrected chi connectivity index (χ3v) is 5.11. The number of para-hydroxylation sites is 1. The minimum Gasteiger partial charge on any atom is -0.338 e. The highest BCUT2D eigenvalue weighted by molar-refractivity contribution is 7.92. The first-order valence-corrected chi connectivity index (χ1v) is 8.97. The number of likely N-dealkylation sites (tertiary alicyclic amines) is 1. The van der Waals surface area contributed by atoms with Gasteiger partial charge in [0.2, 0.25) is 10.0 Å². The molecule has 21 heavy (non-hydrogen) atoms. The van der Waals surface area contributed by atoms with E-state index in [0.717, 1.165) is 36.5 Å². The summed E-state index contributed by atoms with van der Waals surface area (Å²) in [7, 11) is -1.92. The maximum atomic E-state index is 12.7. The minimum atomic E-state index is -3.39. The van der Waals surface area contributed by atoms with Gasteiger partial charge in [-0.15, -0.1) is 0 Å². The van der Waals surface area contributed by atoms with E-state index in [2.05, 4.69) is 6.92 Å². The van der Waals surface area contributed by atoms with E-state index in [1.54, 1.807) is 24.3 Å². The molecule has 1 aliphatic heterocycles. The van der Waals surface area contributed by atoms with Crippen LogP contribution in [0.2, 0.25) is 0 Å². The van der Waals surface area contributed by atoms with Crippen molar-refractivity contribution in [2.75, 3.05) is 30.7 Å². The third-order valence-electron chi connectivity index (χ3n) is 3.92. The molecule has 1 heterocycles. The number of hydrogen-bond acceptors (Lipinski definition) is 3. The van der Waals surface area contributed by atoms with Crippen LogP contribution < -0.4 is 4.31 Å². The zero-order valence-electron chi connectivity index (χ0n) is 12.7. The monoisotopic (exact) mass is 310 g/mol. The van der Waals surface area contributed by atoms with Gasteiger partial charge in [-0.3, -0.25) is 9.10 Å². The summed E-state index contributed by atoms with van der Waals surface area (Å²) in [6.07, 6.45) is 3.27. The Balaban J connectivity index is 2.34. The molecule has 0 spiro atoms. The van der Waals surface area contributed by atoms with Gasteiger partial charge in [-0.25, -0.2) is 8.42 Å². The van der Waals surface area contributed by atoms with E-state index >= 15 is 0 Å². The van der Waals surface area contributed by atoms with Crippen LogP contribution in [0.3, 0.4) is 0 Å². The number of sulfonamides is 1. The normalized spacial score (nSPS) is 19.4. The molecule has 0 unspecified atom stereocenters. The number of anilines is 1. The summed E-state index contributed by atoms with van der Waals surface area (Å²) in [6, 6.07) is 6.87. The van der Waals surface area contributed by atoms with Gasteiger partial charge in [-0.05, 0) is 30.9 Å². The molecule has 116 valence electrons. The van der Waals surface area contributed by atoms with Gasteiger partial charge in [0.25, 0.3) is 5.91 Å². The van der Waals surface area contributed by atoms with Gasteiger partial charge >= 0.3 is 0 Å². The zero-order valence-corrected chi connectivity index (χ0v) is 13.6. The van der Waals surface area contributed by atoms with Crippen molar-refractivity contribution in [1.29, 1.82) is 0 Å². The highest BCUT2D eigenvalue weighted by atomic mass is 32.2. The Morgan fingerprint density at radius 3 is 2.62 bits per heavy atom. The van der Waals surface area contributed by atoms with Crippen molar-refractivity contribution < 1.29 is 13.2 Å². The SMILES string of the molecule is C[C@H]1CCCN(C(=O)c2ccccc2N(C)S(C)(=O)=O)C1. The van der Waals surface area contributed by atoms with E-state index in [9.17, 15) is 13.2 Å². The number of amides is 1. The van der Waals surface area contributed by atoms with Crippen molar-refractivity contribution in [2.45, 2.75) is 19.8 Å². The van der Waals surface area contributed by atoms with Gasteiger partial charge in [0.05, 0.1) is 17.5 Å². The van der Waals surface area contributed by atoms with Gasteiger partial charge in [0.1, 0.15) is 0 Å². The summed E-state index contributed by atoms with van der Waals surface area (Å²) in [4.78, 5) is 14.5. The van der Waals surface area contributed by atoms with Crippen LogP contribution in [-0.4, -0.2) is 45.6 Å². The summed E-state index contributed by atoms with van der Waals surface area (Å²) < 4.78 is 24.6. The predicted molar refractivity (Wildman–Crippen MR) is 84.0 cm³/mol. The van der Waals surface area contributed by atoms with Crippen LogP contribution in [0.1, 0.15) is 30.1 Å². The van der Waals surface area contributed by atoms with Gasteiger partial charge in [0, 0.05) is 20.1 Å². The average molecular weight is 310 g/mol. The van der Waals surface area contributed by atoms with Crippen molar-refractivity contribution in [1.82, 2.24) is 4.90 Å². The summed E-state index contributed by atoms with van der Waals surface area (Å²) in [5.74, 6) is 0.398. The molecule has 1 saturated heterocycles. The second-order valence-electron chi connectivity index (χ2n) is 5.75. The Kier molecular flexibility index (Phi) is 4.56. The molecule has 0 radical (unpaired) electrons. The van der Waals surface area contributed by atoms with Gasteiger partial charge in [-0.1, -0.05) is 19.1 Å². The Labute approximate surface area is 126 Å². The standard InChI is InChI=1S/C15H22N2O3S/c1-12-7-6-10-17(11-12)15(18)13-8-4-5-9-14(13)16(2)21(3,19)20/h4-5,8-9,12H,6-7,10-11H2,1-3H3/t12-/m0/s1. The molecule has 6 heteroatoms. The average Bonchev–Trinajstić information content (AvgIpc) is 2.44. The number of hydrogen-bond donors (Lipinski definition) is 0. The number of carbonyl (C=O) groups excluding carboxylic acids is 1. The van der Waals surface area contributed by atoms with Gasteiger partial charge in [0.15, 0.2) is 0 Å². The number of carbonyl (C=O) groups is 1. The van der Waals surface area contributed by atoms with Crippen LogP contribution in [0, 0.1) is 5.92 Å². The van der Waals surface area contributed by atoms with Crippen LogP contribution in [0.5, 0.6) is 0 Å². The number of piperidine rings is 1. The first-order valence-electron chi connectivity index (χ1n) is 7.13. The van der Waals surface area contributed by atoms with E-state index in [0.29, 0.717) is 17.2 Å². The van der Waals surface area contributed by atoms with Crippen molar-refractivity contribution in [3.05, 3.63) is 29.8 Å². The van der Waals surface area contributed by atoms with Gasteiger partial charge in [-0.2, -0.15) is 0 Å². The van der Waals surface area contributed by atoms with Crippen LogP contribution >= 0.6 is 0 Å². The maximum absolute atomic E-state index is 12.7. The summed E-state index contributed by atoms with van der Waals surface area (Å²) in [5, 5.41) is 0. The Hall–Kier alpha value is -1.56. The van der Waals surface area contributed by atoms with Crippen LogP contribution in [0.25, 0.3) is 0 Å². The molecule has 1 amide bonds.